The molecule has 1 amide bonds. The predicted molar refractivity (Wildman–Crippen MR) is 94.6 cm³/mol. The van der Waals surface area contributed by atoms with Gasteiger partial charge < -0.3 is 9.88 Å². The second kappa shape index (κ2) is 7.60. The number of fused-ring (bicyclic) bond motifs is 1. The molecule has 1 aromatic heterocycles. The van der Waals surface area contributed by atoms with Gasteiger partial charge in [0.2, 0.25) is 5.91 Å². The Kier molecular flexibility index (Phi) is 5.28. The molecule has 1 fully saturated rings. The molecule has 128 valence electrons. The highest BCUT2D eigenvalue weighted by molar-refractivity contribution is 5.77. The van der Waals surface area contributed by atoms with Crippen LogP contribution in [0.1, 0.15) is 50.8 Å². The van der Waals surface area contributed by atoms with E-state index in [1.54, 1.807) is 18.0 Å². The third-order valence-electron chi connectivity index (χ3n) is 4.97. The van der Waals surface area contributed by atoms with Crippen LogP contribution >= 0.6 is 0 Å². The fraction of sp³-hybridized carbons (Fsp3) is 0.526. The molecule has 0 spiro atoms. The van der Waals surface area contributed by atoms with Gasteiger partial charge in [-0.15, -0.1) is 0 Å². The van der Waals surface area contributed by atoms with E-state index >= 15 is 0 Å². The molecule has 0 bridgehead atoms. The largest absolute Gasteiger partial charge is 0.338 e. The number of hydrogen-bond acceptors (Lipinski definition) is 3. The number of aromatic nitrogens is 2. The number of hydrogen-bond donors (Lipinski definition) is 1. The van der Waals surface area contributed by atoms with Crippen molar-refractivity contribution >= 4 is 16.8 Å². The Hall–Kier alpha value is -2.17. The number of nitrogens with zero attached hydrogens (tertiary/aromatic N) is 2. The Bertz CT molecular complexity index is 763. The summed E-state index contributed by atoms with van der Waals surface area (Å²) in [6, 6.07) is 7.25. The molecule has 1 aliphatic carbocycles. The number of carbonyl (C=O) groups excluding carboxylic acids is 1. The van der Waals surface area contributed by atoms with Crippen molar-refractivity contribution in [3.05, 3.63) is 40.4 Å². The average Bonchev–Trinajstić information content (AvgIpc) is 2.60. The van der Waals surface area contributed by atoms with Crippen LogP contribution in [0.15, 0.2) is 29.1 Å². The van der Waals surface area contributed by atoms with Crippen LogP contribution in [0.3, 0.4) is 0 Å². The van der Waals surface area contributed by atoms with Gasteiger partial charge >= 0.3 is 0 Å². The lowest BCUT2D eigenvalue weighted by atomic mass is 9.86. The van der Waals surface area contributed by atoms with Crippen LogP contribution in [0.5, 0.6) is 0 Å². The zero-order chi connectivity index (χ0) is 16.9. The summed E-state index contributed by atoms with van der Waals surface area (Å²) < 4.78 is 0. The first kappa shape index (κ1) is 16.7. The highest BCUT2D eigenvalue weighted by Crippen LogP contribution is 2.27. The summed E-state index contributed by atoms with van der Waals surface area (Å²) in [4.78, 5) is 33.3. The Morgan fingerprint density at radius 2 is 2.00 bits per heavy atom. The van der Waals surface area contributed by atoms with Crippen molar-refractivity contribution in [3.8, 4) is 0 Å². The summed E-state index contributed by atoms with van der Waals surface area (Å²) in [5, 5.41) is 0.576. The summed E-state index contributed by atoms with van der Waals surface area (Å²) in [5.41, 5.74) is 0.512. The van der Waals surface area contributed by atoms with Crippen LogP contribution in [0, 0.1) is 5.92 Å². The Balaban J connectivity index is 1.60. The van der Waals surface area contributed by atoms with E-state index in [9.17, 15) is 9.59 Å². The van der Waals surface area contributed by atoms with Crippen molar-refractivity contribution in [2.24, 2.45) is 5.92 Å². The van der Waals surface area contributed by atoms with Crippen LogP contribution in [-0.2, 0) is 11.3 Å². The van der Waals surface area contributed by atoms with E-state index in [1.807, 2.05) is 18.2 Å². The number of amides is 1. The summed E-state index contributed by atoms with van der Waals surface area (Å²) in [6.45, 7) is 0.337. The van der Waals surface area contributed by atoms with Crippen molar-refractivity contribution in [3.63, 3.8) is 0 Å². The SMILES string of the molecule is CN(Cc1nc2ccccc2c(=O)[nH]1)C(=O)CCC1CCCCC1. The fourth-order valence-electron chi connectivity index (χ4n) is 3.52. The van der Waals surface area contributed by atoms with Crippen LogP contribution in [0.2, 0.25) is 0 Å². The Labute approximate surface area is 142 Å². The maximum absolute atomic E-state index is 12.3. The molecule has 0 atom stereocenters. The molecule has 2 aromatic rings. The van der Waals surface area contributed by atoms with Gasteiger partial charge in [-0.2, -0.15) is 0 Å². The van der Waals surface area contributed by atoms with Gasteiger partial charge in [0.15, 0.2) is 0 Å². The molecule has 0 unspecified atom stereocenters. The number of rotatable bonds is 5. The third-order valence-corrected chi connectivity index (χ3v) is 4.97. The van der Waals surface area contributed by atoms with E-state index in [0.717, 1.165) is 6.42 Å². The highest BCUT2D eigenvalue weighted by atomic mass is 16.2. The molecule has 0 saturated heterocycles. The lowest BCUT2D eigenvalue weighted by molar-refractivity contribution is -0.130. The monoisotopic (exact) mass is 327 g/mol. The van der Waals surface area contributed by atoms with Crippen LogP contribution < -0.4 is 5.56 Å². The van der Waals surface area contributed by atoms with Crippen molar-refractivity contribution in [2.45, 2.75) is 51.5 Å². The van der Waals surface area contributed by atoms with E-state index in [4.69, 9.17) is 0 Å². The summed E-state index contributed by atoms with van der Waals surface area (Å²) in [5.74, 6) is 1.36. The lowest BCUT2D eigenvalue weighted by Crippen LogP contribution is -2.28. The van der Waals surface area contributed by atoms with Gasteiger partial charge in [0.25, 0.3) is 5.56 Å². The van der Waals surface area contributed by atoms with Gasteiger partial charge in [0, 0.05) is 13.5 Å². The maximum Gasteiger partial charge on any atom is 0.258 e. The van der Waals surface area contributed by atoms with E-state index < -0.39 is 0 Å². The van der Waals surface area contributed by atoms with Gasteiger partial charge in [0.05, 0.1) is 17.4 Å². The smallest absolute Gasteiger partial charge is 0.258 e. The molecule has 5 heteroatoms. The fourth-order valence-corrected chi connectivity index (χ4v) is 3.52. The molecule has 3 rings (SSSR count). The molecular formula is C19H25N3O2. The maximum atomic E-state index is 12.3. The molecule has 1 N–H and O–H groups in total. The summed E-state index contributed by atoms with van der Waals surface area (Å²) in [6.07, 6.45) is 8.02. The third kappa shape index (κ3) is 4.02. The van der Waals surface area contributed by atoms with Gasteiger partial charge in [-0.1, -0.05) is 44.2 Å². The van der Waals surface area contributed by atoms with Crippen molar-refractivity contribution in [1.82, 2.24) is 14.9 Å². The summed E-state index contributed by atoms with van der Waals surface area (Å²) >= 11 is 0. The second-order valence-corrected chi connectivity index (χ2v) is 6.82. The number of aromatic amines is 1. The van der Waals surface area contributed by atoms with Gasteiger partial charge in [-0.25, -0.2) is 4.98 Å². The van der Waals surface area contributed by atoms with Gasteiger partial charge in [0.1, 0.15) is 5.82 Å². The minimum absolute atomic E-state index is 0.122. The van der Waals surface area contributed by atoms with Crippen LogP contribution in [0.25, 0.3) is 10.9 Å². The summed E-state index contributed by atoms with van der Waals surface area (Å²) in [7, 11) is 1.78. The minimum atomic E-state index is -0.154. The molecule has 24 heavy (non-hydrogen) atoms. The van der Waals surface area contributed by atoms with Crippen molar-refractivity contribution < 1.29 is 4.79 Å². The molecule has 1 aromatic carbocycles. The average molecular weight is 327 g/mol. The van der Waals surface area contributed by atoms with Crippen molar-refractivity contribution in [1.29, 1.82) is 0 Å². The number of H-pyrrole nitrogens is 1. The predicted octanol–water partition coefficient (Wildman–Crippen LogP) is 3.24. The van der Waals surface area contributed by atoms with Gasteiger partial charge in [-0.05, 0) is 24.5 Å². The van der Waals surface area contributed by atoms with Crippen molar-refractivity contribution in [2.75, 3.05) is 7.05 Å². The zero-order valence-corrected chi connectivity index (χ0v) is 14.3. The number of nitrogens with one attached hydrogen (secondary N) is 1. The van der Waals surface area contributed by atoms with E-state index in [0.29, 0.717) is 35.6 Å². The normalized spacial score (nSPS) is 15.5. The molecule has 0 radical (unpaired) electrons. The zero-order valence-electron chi connectivity index (χ0n) is 14.3. The number of para-hydroxylation sites is 1. The van der Waals surface area contributed by atoms with Gasteiger partial charge in [-0.3, -0.25) is 9.59 Å². The molecule has 1 saturated carbocycles. The Morgan fingerprint density at radius 3 is 2.79 bits per heavy atom. The van der Waals surface area contributed by atoms with Crippen LogP contribution in [0.4, 0.5) is 0 Å². The lowest BCUT2D eigenvalue weighted by Gasteiger charge is -2.22. The van der Waals surface area contributed by atoms with E-state index in [2.05, 4.69) is 9.97 Å². The molecular weight excluding hydrogens is 302 g/mol. The van der Waals surface area contributed by atoms with E-state index in [1.165, 1.54) is 32.1 Å². The first-order valence-corrected chi connectivity index (χ1v) is 8.85. The quantitative estimate of drug-likeness (QED) is 0.917. The first-order chi connectivity index (χ1) is 11.6. The first-order valence-electron chi connectivity index (χ1n) is 8.85. The standard InChI is InChI=1S/C19H25N3O2/c1-22(18(23)12-11-14-7-3-2-4-8-14)13-17-20-16-10-6-5-9-15(16)19(24)21-17/h5-6,9-10,14H,2-4,7-8,11-13H2,1H3,(H,20,21,24). The number of carbonyl (C=O) groups is 1. The highest BCUT2D eigenvalue weighted by Gasteiger charge is 2.17. The molecule has 1 aliphatic rings. The van der Waals surface area contributed by atoms with E-state index in [-0.39, 0.29) is 11.5 Å². The van der Waals surface area contributed by atoms with Crippen LogP contribution in [-0.4, -0.2) is 27.8 Å². The Morgan fingerprint density at radius 1 is 1.25 bits per heavy atom. The second-order valence-electron chi connectivity index (χ2n) is 6.82. The molecule has 5 nitrogen and oxygen atoms in total. The molecule has 0 aliphatic heterocycles. The topological polar surface area (TPSA) is 66.1 Å². The number of benzene rings is 1. The molecule has 1 heterocycles. The minimum Gasteiger partial charge on any atom is -0.338 e.